The Bertz CT molecular complexity index is 1430. The number of ether oxygens (including phenoxy) is 3. The molecule has 11 nitrogen and oxygen atoms in total. The Morgan fingerprint density at radius 1 is 1.19 bits per heavy atom. The maximum absolute atomic E-state index is 12.8. The Hall–Kier alpha value is -3.94. The van der Waals surface area contributed by atoms with Crippen LogP contribution in [0.2, 0.25) is 0 Å². The molecular weight excluding hydrogens is 555 g/mol. The Morgan fingerprint density at radius 2 is 2.07 bits per heavy atom. The van der Waals surface area contributed by atoms with E-state index in [4.69, 9.17) is 14.5 Å². The number of nitrogens with zero attached hydrogens (tertiary/aromatic N) is 6. The van der Waals surface area contributed by atoms with Crippen molar-refractivity contribution >= 4 is 23.4 Å². The van der Waals surface area contributed by atoms with Crippen LogP contribution in [0.4, 0.5) is 30.6 Å². The first-order valence-corrected chi connectivity index (χ1v) is 14.0. The van der Waals surface area contributed by atoms with Crippen LogP contribution in [0, 0.1) is 11.3 Å². The first-order chi connectivity index (χ1) is 20.2. The predicted molar refractivity (Wildman–Crippen MR) is 145 cm³/mol. The number of hydrogen-bond donors (Lipinski definition) is 1. The van der Waals surface area contributed by atoms with Crippen molar-refractivity contribution in [2.45, 2.75) is 50.9 Å². The SMILES string of the molecule is COC(=O)C1CCCC2(CCN(c3cc(Nc4cc(OC(F)(F)F)ccn4)nc(-c4cnn(C5CCOC5)c4)n3)C2)C1. The molecule has 3 aromatic rings. The molecule has 1 N–H and O–H groups in total. The molecule has 14 heteroatoms. The molecular formula is C28H32F3N7O4. The summed E-state index contributed by atoms with van der Waals surface area (Å²) in [6.45, 7) is 2.73. The fraction of sp³-hybridized carbons (Fsp3) is 0.536. The van der Waals surface area contributed by atoms with E-state index in [0.717, 1.165) is 63.7 Å². The third-order valence-corrected chi connectivity index (χ3v) is 8.31. The average Bonchev–Trinajstić information content (AvgIpc) is 3.73. The number of halogens is 3. The van der Waals surface area contributed by atoms with Crippen LogP contribution in [0.3, 0.4) is 0 Å². The summed E-state index contributed by atoms with van der Waals surface area (Å²) in [6.07, 6.45) is 5.34. The van der Waals surface area contributed by atoms with Crippen LogP contribution in [0.1, 0.15) is 44.6 Å². The minimum absolute atomic E-state index is 0.0199. The van der Waals surface area contributed by atoms with Gasteiger partial charge in [-0.15, -0.1) is 13.2 Å². The number of methoxy groups -OCH3 is 1. The zero-order chi connectivity index (χ0) is 29.3. The smallest absolute Gasteiger partial charge is 0.469 e. The number of anilines is 3. The Labute approximate surface area is 240 Å². The van der Waals surface area contributed by atoms with Gasteiger partial charge in [0, 0.05) is 44.2 Å². The molecule has 0 amide bonds. The molecule has 1 aliphatic carbocycles. The lowest BCUT2D eigenvalue weighted by atomic mass is 9.69. The lowest BCUT2D eigenvalue weighted by Gasteiger charge is -2.37. The van der Waals surface area contributed by atoms with Crippen molar-refractivity contribution in [3.63, 3.8) is 0 Å². The molecule has 3 fully saturated rings. The summed E-state index contributed by atoms with van der Waals surface area (Å²) < 4.78 is 54.8. The van der Waals surface area contributed by atoms with E-state index < -0.39 is 12.1 Å². The predicted octanol–water partition coefficient (Wildman–Crippen LogP) is 4.90. The number of carbonyl (C=O) groups excluding carboxylic acids is 1. The van der Waals surface area contributed by atoms with E-state index in [9.17, 15) is 18.0 Å². The van der Waals surface area contributed by atoms with E-state index in [1.165, 1.54) is 13.3 Å². The maximum Gasteiger partial charge on any atom is 0.573 e. The average molecular weight is 588 g/mol. The van der Waals surface area contributed by atoms with Crippen LogP contribution < -0.4 is 15.0 Å². The van der Waals surface area contributed by atoms with Crippen molar-refractivity contribution in [2.75, 3.05) is 43.6 Å². The second-order valence-corrected chi connectivity index (χ2v) is 11.2. The molecule has 6 rings (SSSR count). The Kier molecular flexibility index (Phi) is 7.64. The van der Waals surface area contributed by atoms with Crippen LogP contribution in [-0.4, -0.2) is 70.5 Å². The summed E-state index contributed by atoms with van der Waals surface area (Å²) in [5, 5.41) is 7.53. The highest BCUT2D eigenvalue weighted by Gasteiger charge is 2.44. The van der Waals surface area contributed by atoms with E-state index >= 15 is 0 Å². The lowest BCUT2D eigenvalue weighted by molar-refractivity contribution is -0.274. The largest absolute Gasteiger partial charge is 0.573 e. The van der Waals surface area contributed by atoms with Gasteiger partial charge >= 0.3 is 12.3 Å². The van der Waals surface area contributed by atoms with Gasteiger partial charge in [-0.05, 0) is 43.6 Å². The molecule has 3 aliphatic rings. The minimum atomic E-state index is -4.82. The fourth-order valence-electron chi connectivity index (χ4n) is 6.30. The van der Waals surface area contributed by atoms with Gasteiger partial charge in [0.2, 0.25) is 0 Å². The van der Waals surface area contributed by atoms with E-state index in [-0.39, 0.29) is 29.2 Å². The van der Waals surface area contributed by atoms with Crippen LogP contribution in [0.25, 0.3) is 11.4 Å². The van der Waals surface area contributed by atoms with Gasteiger partial charge < -0.3 is 24.4 Å². The van der Waals surface area contributed by atoms with Gasteiger partial charge in [0.15, 0.2) is 5.82 Å². The molecule has 0 bridgehead atoms. The number of nitrogens with one attached hydrogen (secondary N) is 1. The first-order valence-electron chi connectivity index (χ1n) is 14.0. The summed E-state index contributed by atoms with van der Waals surface area (Å²) >= 11 is 0. The van der Waals surface area contributed by atoms with Crippen molar-refractivity contribution < 1.29 is 32.2 Å². The summed E-state index contributed by atoms with van der Waals surface area (Å²) in [5.41, 5.74) is 0.680. The first kappa shape index (κ1) is 28.2. The maximum atomic E-state index is 12.8. The highest BCUT2D eigenvalue weighted by Crippen LogP contribution is 2.47. The molecule has 224 valence electrons. The molecule has 42 heavy (non-hydrogen) atoms. The Morgan fingerprint density at radius 3 is 2.86 bits per heavy atom. The van der Waals surface area contributed by atoms with Gasteiger partial charge in [0.25, 0.3) is 0 Å². The van der Waals surface area contributed by atoms with Crippen LogP contribution >= 0.6 is 0 Å². The van der Waals surface area contributed by atoms with Crippen molar-refractivity contribution in [3.8, 4) is 17.1 Å². The molecule has 3 atom stereocenters. The van der Waals surface area contributed by atoms with Crippen LogP contribution in [0.5, 0.6) is 5.75 Å². The molecule has 5 heterocycles. The lowest BCUT2D eigenvalue weighted by Crippen LogP contribution is -2.35. The number of rotatable bonds is 7. The molecule has 0 radical (unpaired) electrons. The van der Waals surface area contributed by atoms with E-state index in [2.05, 4.69) is 30.0 Å². The van der Waals surface area contributed by atoms with Crippen molar-refractivity contribution in [1.29, 1.82) is 0 Å². The van der Waals surface area contributed by atoms with Gasteiger partial charge in [-0.25, -0.2) is 15.0 Å². The molecule has 1 saturated carbocycles. The van der Waals surface area contributed by atoms with Crippen molar-refractivity contribution in [1.82, 2.24) is 24.7 Å². The third-order valence-electron chi connectivity index (χ3n) is 8.31. The highest BCUT2D eigenvalue weighted by molar-refractivity contribution is 5.72. The molecule has 0 aromatic carbocycles. The van der Waals surface area contributed by atoms with Crippen molar-refractivity contribution in [3.05, 3.63) is 36.8 Å². The van der Waals surface area contributed by atoms with Gasteiger partial charge in [-0.3, -0.25) is 9.48 Å². The number of alkyl halides is 3. The van der Waals surface area contributed by atoms with E-state index in [1.54, 1.807) is 12.3 Å². The molecule has 3 aromatic heterocycles. The van der Waals surface area contributed by atoms with Crippen LogP contribution in [-0.2, 0) is 14.3 Å². The van der Waals surface area contributed by atoms with E-state index in [0.29, 0.717) is 36.2 Å². The van der Waals surface area contributed by atoms with Gasteiger partial charge in [0.05, 0.1) is 37.4 Å². The number of pyridine rings is 1. The molecule has 2 aliphatic heterocycles. The summed E-state index contributed by atoms with van der Waals surface area (Å²) in [6, 6.07) is 4.18. The summed E-state index contributed by atoms with van der Waals surface area (Å²) in [4.78, 5) is 28.2. The van der Waals surface area contributed by atoms with Gasteiger partial charge in [-0.2, -0.15) is 5.10 Å². The molecule has 1 spiro atoms. The minimum Gasteiger partial charge on any atom is -0.469 e. The normalized spacial score (nSPS) is 24.2. The second-order valence-electron chi connectivity index (χ2n) is 11.2. The van der Waals surface area contributed by atoms with Crippen molar-refractivity contribution in [2.24, 2.45) is 11.3 Å². The zero-order valence-corrected chi connectivity index (χ0v) is 23.1. The van der Waals surface area contributed by atoms with Crippen LogP contribution in [0.15, 0.2) is 36.8 Å². The molecule has 2 saturated heterocycles. The second kappa shape index (κ2) is 11.4. The third kappa shape index (κ3) is 6.27. The molecule has 3 unspecified atom stereocenters. The monoisotopic (exact) mass is 587 g/mol. The topological polar surface area (TPSA) is 117 Å². The highest BCUT2D eigenvalue weighted by atomic mass is 19.4. The Balaban J connectivity index is 1.29. The van der Waals surface area contributed by atoms with E-state index in [1.807, 2.05) is 10.9 Å². The fourth-order valence-corrected chi connectivity index (χ4v) is 6.30. The quantitative estimate of drug-likeness (QED) is 0.383. The summed E-state index contributed by atoms with van der Waals surface area (Å²) in [5.74, 6) is 0.923. The number of carbonyl (C=O) groups is 1. The summed E-state index contributed by atoms with van der Waals surface area (Å²) in [7, 11) is 1.43. The van der Waals surface area contributed by atoms with Gasteiger partial charge in [0.1, 0.15) is 23.2 Å². The van der Waals surface area contributed by atoms with Gasteiger partial charge in [-0.1, -0.05) is 6.42 Å². The number of hydrogen-bond acceptors (Lipinski definition) is 10. The number of aromatic nitrogens is 5. The standard InChI is InChI=1S/C28H32F3N7O4/c1-40-26(39)18-3-2-6-27(13-18)7-9-37(17-27)24-12-23(34-22-11-21(4-8-32-22)42-28(29,30)31)35-25(36-24)19-14-33-38(15-19)20-5-10-41-16-20/h4,8,11-12,14-15,18,20H,2-3,5-7,9-10,13,16-17H2,1H3,(H,32,34,35,36). The zero-order valence-electron chi connectivity index (χ0n) is 23.1. The number of esters is 1.